The quantitative estimate of drug-likeness (QED) is 0.518. The Balaban J connectivity index is 1.69. The zero-order valence-electron chi connectivity index (χ0n) is 18.9. The van der Waals surface area contributed by atoms with Crippen LogP contribution in [0.5, 0.6) is 11.5 Å². The molecule has 2 atom stereocenters. The molecule has 0 aromatic heterocycles. The lowest BCUT2D eigenvalue weighted by molar-refractivity contribution is -0.125. The zero-order chi connectivity index (χ0) is 24.0. The third kappa shape index (κ3) is 6.31. The van der Waals surface area contributed by atoms with E-state index < -0.39 is 6.04 Å². The van der Waals surface area contributed by atoms with Gasteiger partial charge in [0.05, 0.1) is 19.8 Å². The summed E-state index contributed by atoms with van der Waals surface area (Å²) in [6, 6.07) is 9.36. The summed E-state index contributed by atoms with van der Waals surface area (Å²) in [7, 11) is 3.17. The standard InChI is InChI=1S/C24H28Cl2N2O5/c1-15(16-6-7-21(22(13-16)32-3)33-10-9-31-2)27-23(29)20-5-4-8-28(20)24(30)17-11-18(25)14-19(26)12-17/h6-7,11-15,20H,4-5,8-10H2,1-3H3,(H,27,29). The monoisotopic (exact) mass is 494 g/mol. The third-order valence-electron chi connectivity index (χ3n) is 5.52. The first-order valence-electron chi connectivity index (χ1n) is 10.7. The van der Waals surface area contributed by atoms with E-state index in [0.717, 1.165) is 12.0 Å². The second kappa shape index (κ2) is 11.6. The number of hydrogen-bond acceptors (Lipinski definition) is 5. The van der Waals surface area contributed by atoms with Crippen molar-refractivity contribution < 1.29 is 23.8 Å². The molecule has 0 aliphatic carbocycles. The molecule has 0 bridgehead atoms. The van der Waals surface area contributed by atoms with Gasteiger partial charge in [-0.3, -0.25) is 9.59 Å². The lowest BCUT2D eigenvalue weighted by Crippen LogP contribution is -2.46. The van der Waals surface area contributed by atoms with Gasteiger partial charge in [-0.2, -0.15) is 0 Å². The number of likely N-dealkylation sites (tertiary alicyclic amines) is 1. The van der Waals surface area contributed by atoms with Crippen LogP contribution in [0.3, 0.4) is 0 Å². The van der Waals surface area contributed by atoms with E-state index in [1.807, 2.05) is 19.1 Å². The predicted molar refractivity (Wildman–Crippen MR) is 127 cm³/mol. The van der Waals surface area contributed by atoms with Crippen LogP contribution in [0.15, 0.2) is 36.4 Å². The van der Waals surface area contributed by atoms with Gasteiger partial charge in [0.25, 0.3) is 5.91 Å². The summed E-state index contributed by atoms with van der Waals surface area (Å²) in [5.74, 6) is 0.703. The molecule has 33 heavy (non-hydrogen) atoms. The number of carbonyl (C=O) groups is 2. The summed E-state index contributed by atoms with van der Waals surface area (Å²) in [5.41, 5.74) is 1.23. The lowest BCUT2D eigenvalue weighted by atomic mass is 10.1. The van der Waals surface area contributed by atoms with E-state index in [1.165, 1.54) is 0 Å². The Hall–Kier alpha value is -2.48. The highest BCUT2D eigenvalue weighted by Crippen LogP contribution is 2.31. The molecule has 1 aliphatic rings. The van der Waals surface area contributed by atoms with E-state index in [0.29, 0.717) is 53.3 Å². The number of carbonyl (C=O) groups excluding carboxylic acids is 2. The van der Waals surface area contributed by atoms with E-state index in [2.05, 4.69) is 5.32 Å². The molecule has 7 nitrogen and oxygen atoms in total. The fourth-order valence-electron chi connectivity index (χ4n) is 3.83. The maximum Gasteiger partial charge on any atom is 0.254 e. The van der Waals surface area contributed by atoms with Gasteiger partial charge in [0.2, 0.25) is 5.91 Å². The zero-order valence-corrected chi connectivity index (χ0v) is 20.4. The normalized spacial score (nSPS) is 16.4. The van der Waals surface area contributed by atoms with Crippen LogP contribution in [0.1, 0.15) is 41.7 Å². The Bertz CT molecular complexity index is 981. The minimum absolute atomic E-state index is 0.208. The van der Waals surface area contributed by atoms with Gasteiger partial charge in [0.15, 0.2) is 11.5 Å². The molecule has 178 valence electrons. The Morgan fingerprint density at radius 2 is 1.82 bits per heavy atom. The van der Waals surface area contributed by atoms with Gasteiger partial charge in [0, 0.05) is 29.3 Å². The molecular weight excluding hydrogens is 467 g/mol. The van der Waals surface area contributed by atoms with Gasteiger partial charge in [-0.25, -0.2) is 0 Å². The van der Waals surface area contributed by atoms with E-state index >= 15 is 0 Å². The molecule has 2 aromatic carbocycles. The van der Waals surface area contributed by atoms with Crippen molar-refractivity contribution in [3.05, 3.63) is 57.6 Å². The summed E-state index contributed by atoms with van der Waals surface area (Å²) in [5, 5.41) is 3.77. The SMILES string of the molecule is COCCOc1ccc(C(C)NC(=O)C2CCCN2C(=O)c2cc(Cl)cc(Cl)c2)cc1OC. The average molecular weight is 495 g/mol. The van der Waals surface area contributed by atoms with Crippen molar-refractivity contribution in [2.75, 3.05) is 34.0 Å². The van der Waals surface area contributed by atoms with Gasteiger partial charge in [-0.15, -0.1) is 0 Å². The number of halogens is 2. The molecule has 3 rings (SSSR count). The number of benzene rings is 2. The first-order valence-corrected chi connectivity index (χ1v) is 11.5. The number of nitrogens with one attached hydrogen (secondary N) is 1. The third-order valence-corrected chi connectivity index (χ3v) is 5.95. The van der Waals surface area contributed by atoms with Crippen molar-refractivity contribution in [1.29, 1.82) is 0 Å². The molecule has 1 heterocycles. The van der Waals surface area contributed by atoms with Crippen molar-refractivity contribution in [1.82, 2.24) is 10.2 Å². The van der Waals surface area contributed by atoms with E-state index in [-0.39, 0.29) is 17.9 Å². The van der Waals surface area contributed by atoms with Crippen LogP contribution in [0.25, 0.3) is 0 Å². The summed E-state index contributed by atoms with van der Waals surface area (Å²) in [6.45, 7) is 3.25. The Morgan fingerprint density at radius 1 is 1.09 bits per heavy atom. The molecule has 2 amide bonds. The number of amides is 2. The van der Waals surface area contributed by atoms with Crippen molar-refractivity contribution >= 4 is 35.0 Å². The second-order valence-electron chi connectivity index (χ2n) is 7.80. The molecular formula is C24H28Cl2N2O5. The van der Waals surface area contributed by atoms with Gasteiger partial charge < -0.3 is 24.4 Å². The molecule has 1 saturated heterocycles. The van der Waals surface area contributed by atoms with Crippen LogP contribution in [0, 0.1) is 0 Å². The van der Waals surface area contributed by atoms with Gasteiger partial charge in [-0.05, 0) is 55.7 Å². The summed E-state index contributed by atoms with van der Waals surface area (Å²) in [6.07, 6.45) is 1.34. The second-order valence-corrected chi connectivity index (χ2v) is 8.67. The Labute approximate surface area is 203 Å². The van der Waals surface area contributed by atoms with Gasteiger partial charge in [0.1, 0.15) is 12.6 Å². The summed E-state index contributed by atoms with van der Waals surface area (Å²) >= 11 is 12.1. The van der Waals surface area contributed by atoms with Gasteiger partial charge in [-0.1, -0.05) is 29.3 Å². The fourth-order valence-corrected chi connectivity index (χ4v) is 4.35. The molecule has 0 saturated carbocycles. The van der Waals surface area contributed by atoms with Crippen LogP contribution in [0.4, 0.5) is 0 Å². The van der Waals surface area contributed by atoms with Crippen LogP contribution >= 0.6 is 23.2 Å². The molecule has 0 spiro atoms. The average Bonchev–Trinajstić information content (AvgIpc) is 3.28. The van der Waals surface area contributed by atoms with E-state index in [1.54, 1.807) is 43.4 Å². The largest absolute Gasteiger partial charge is 0.493 e. The van der Waals surface area contributed by atoms with Crippen LogP contribution in [0.2, 0.25) is 10.0 Å². The number of hydrogen-bond donors (Lipinski definition) is 1. The minimum Gasteiger partial charge on any atom is -0.493 e. The highest BCUT2D eigenvalue weighted by molar-refractivity contribution is 6.35. The maximum atomic E-state index is 13.1. The first kappa shape index (κ1) is 25.1. The minimum atomic E-state index is -0.559. The maximum absolute atomic E-state index is 13.1. The highest BCUT2D eigenvalue weighted by atomic mass is 35.5. The number of nitrogens with zero attached hydrogens (tertiary/aromatic N) is 1. The number of methoxy groups -OCH3 is 2. The number of rotatable bonds is 9. The van der Waals surface area contributed by atoms with Crippen LogP contribution in [-0.2, 0) is 9.53 Å². The summed E-state index contributed by atoms with van der Waals surface area (Å²) in [4.78, 5) is 27.7. The smallest absolute Gasteiger partial charge is 0.254 e. The molecule has 1 fully saturated rings. The lowest BCUT2D eigenvalue weighted by Gasteiger charge is -2.26. The molecule has 2 aromatic rings. The Morgan fingerprint density at radius 3 is 2.48 bits per heavy atom. The summed E-state index contributed by atoms with van der Waals surface area (Å²) < 4.78 is 16.1. The van der Waals surface area contributed by atoms with Crippen molar-refractivity contribution in [3.63, 3.8) is 0 Å². The fraction of sp³-hybridized carbons (Fsp3) is 0.417. The Kier molecular flexibility index (Phi) is 8.83. The highest BCUT2D eigenvalue weighted by Gasteiger charge is 2.35. The first-order chi connectivity index (χ1) is 15.8. The molecule has 0 radical (unpaired) electrons. The number of ether oxygens (including phenoxy) is 3. The predicted octanol–water partition coefficient (Wildman–Crippen LogP) is 4.51. The van der Waals surface area contributed by atoms with Crippen molar-refractivity contribution in [2.45, 2.75) is 31.8 Å². The van der Waals surface area contributed by atoms with E-state index in [9.17, 15) is 9.59 Å². The molecule has 9 heteroatoms. The van der Waals surface area contributed by atoms with Crippen LogP contribution < -0.4 is 14.8 Å². The van der Waals surface area contributed by atoms with Crippen LogP contribution in [-0.4, -0.2) is 56.7 Å². The van der Waals surface area contributed by atoms with Crippen molar-refractivity contribution in [3.8, 4) is 11.5 Å². The molecule has 1 aliphatic heterocycles. The molecule has 2 unspecified atom stereocenters. The van der Waals surface area contributed by atoms with Gasteiger partial charge >= 0.3 is 0 Å². The van der Waals surface area contributed by atoms with E-state index in [4.69, 9.17) is 37.4 Å². The topological polar surface area (TPSA) is 77.1 Å². The molecule has 1 N–H and O–H groups in total. The van der Waals surface area contributed by atoms with Crippen molar-refractivity contribution in [2.24, 2.45) is 0 Å².